The molecule has 2 aliphatic rings. The molecule has 120 valence electrons. The molecule has 2 fully saturated rings. The predicted octanol–water partition coefficient (Wildman–Crippen LogP) is 1.41. The Morgan fingerprint density at radius 2 is 1.91 bits per heavy atom. The molecule has 0 radical (unpaired) electrons. The molecular formula is C16H21NO4S. The molecule has 1 aromatic carbocycles. The highest BCUT2D eigenvalue weighted by Gasteiger charge is 2.35. The van der Waals surface area contributed by atoms with Crippen LogP contribution >= 0.6 is 0 Å². The van der Waals surface area contributed by atoms with E-state index in [4.69, 9.17) is 4.74 Å². The SMILES string of the molecule is O=C([C@@H]1CCOC1)N1CC[C@H](c2ccccc2)S(=O)(=O)CC1. The molecular weight excluding hydrogens is 302 g/mol. The van der Waals surface area contributed by atoms with Crippen LogP contribution in [0, 0.1) is 5.92 Å². The second-order valence-electron chi connectivity index (χ2n) is 5.94. The number of amides is 1. The smallest absolute Gasteiger partial charge is 0.228 e. The van der Waals surface area contributed by atoms with Crippen LogP contribution in [0.1, 0.15) is 23.7 Å². The Balaban J connectivity index is 1.76. The van der Waals surface area contributed by atoms with E-state index < -0.39 is 15.1 Å². The first-order valence-corrected chi connectivity index (χ1v) is 9.42. The summed E-state index contributed by atoms with van der Waals surface area (Å²) in [7, 11) is -3.23. The van der Waals surface area contributed by atoms with Gasteiger partial charge in [-0.1, -0.05) is 30.3 Å². The molecule has 2 atom stereocenters. The summed E-state index contributed by atoms with van der Waals surface area (Å²) >= 11 is 0. The van der Waals surface area contributed by atoms with E-state index in [0.29, 0.717) is 32.7 Å². The standard InChI is InChI=1S/C16H21NO4S/c18-16(14-7-10-21-12-14)17-8-6-15(22(19,20)11-9-17)13-4-2-1-3-5-13/h1-5,14-15H,6-12H2/t14-,15-/m1/s1. The Kier molecular flexibility index (Phi) is 4.49. The maximum absolute atomic E-state index is 12.5. The molecule has 0 saturated carbocycles. The lowest BCUT2D eigenvalue weighted by Crippen LogP contribution is -2.38. The lowest BCUT2D eigenvalue weighted by molar-refractivity contribution is -0.135. The van der Waals surface area contributed by atoms with Gasteiger partial charge in [0.1, 0.15) is 0 Å². The summed E-state index contributed by atoms with van der Waals surface area (Å²) in [6, 6.07) is 9.29. The van der Waals surface area contributed by atoms with Gasteiger partial charge in [-0.2, -0.15) is 0 Å². The monoisotopic (exact) mass is 323 g/mol. The largest absolute Gasteiger partial charge is 0.381 e. The average Bonchev–Trinajstić information content (AvgIpc) is 3.00. The Bertz CT molecular complexity index is 623. The van der Waals surface area contributed by atoms with Gasteiger partial charge in [-0.25, -0.2) is 8.42 Å². The van der Waals surface area contributed by atoms with Crippen molar-refractivity contribution in [3.05, 3.63) is 35.9 Å². The van der Waals surface area contributed by atoms with Crippen LogP contribution in [0.3, 0.4) is 0 Å². The van der Waals surface area contributed by atoms with Crippen LogP contribution in [-0.2, 0) is 19.4 Å². The van der Waals surface area contributed by atoms with Gasteiger partial charge < -0.3 is 9.64 Å². The van der Waals surface area contributed by atoms with Crippen molar-refractivity contribution in [2.24, 2.45) is 5.92 Å². The minimum Gasteiger partial charge on any atom is -0.381 e. The maximum Gasteiger partial charge on any atom is 0.228 e. The number of carbonyl (C=O) groups excluding carboxylic acids is 1. The van der Waals surface area contributed by atoms with Gasteiger partial charge in [0, 0.05) is 19.7 Å². The zero-order valence-electron chi connectivity index (χ0n) is 12.5. The summed E-state index contributed by atoms with van der Waals surface area (Å²) in [6.45, 7) is 1.87. The first kappa shape index (κ1) is 15.5. The topological polar surface area (TPSA) is 63.7 Å². The van der Waals surface area contributed by atoms with E-state index in [2.05, 4.69) is 0 Å². The maximum atomic E-state index is 12.5. The lowest BCUT2D eigenvalue weighted by Gasteiger charge is -2.22. The number of hydrogen-bond donors (Lipinski definition) is 0. The summed E-state index contributed by atoms with van der Waals surface area (Å²) in [6.07, 6.45) is 1.20. The van der Waals surface area contributed by atoms with E-state index in [1.165, 1.54) is 0 Å². The highest BCUT2D eigenvalue weighted by Crippen LogP contribution is 2.30. The number of hydrogen-bond acceptors (Lipinski definition) is 4. The van der Waals surface area contributed by atoms with Gasteiger partial charge >= 0.3 is 0 Å². The van der Waals surface area contributed by atoms with Crippen molar-refractivity contribution in [3.8, 4) is 0 Å². The number of nitrogens with zero attached hydrogens (tertiary/aromatic N) is 1. The van der Waals surface area contributed by atoms with Crippen LogP contribution in [0.4, 0.5) is 0 Å². The van der Waals surface area contributed by atoms with E-state index in [0.717, 1.165) is 12.0 Å². The number of carbonyl (C=O) groups is 1. The number of benzene rings is 1. The van der Waals surface area contributed by atoms with Gasteiger partial charge in [-0.05, 0) is 18.4 Å². The normalized spacial score (nSPS) is 28.3. The molecule has 5 nitrogen and oxygen atoms in total. The molecule has 0 bridgehead atoms. The molecule has 22 heavy (non-hydrogen) atoms. The van der Waals surface area contributed by atoms with Crippen LogP contribution in [0.2, 0.25) is 0 Å². The fraction of sp³-hybridized carbons (Fsp3) is 0.562. The molecule has 1 aromatic rings. The summed E-state index contributed by atoms with van der Waals surface area (Å²) in [5.74, 6) is -0.0244. The number of ether oxygens (including phenoxy) is 1. The summed E-state index contributed by atoms with van der Waals surface area (Å²) in [4.78, 5) is 14.2. The van der Waals surface area contributed by atoms with E-state index in [-0.39, 0.29) is 17.6 Å². The minimum atomic E-state index is -3.23. The minimum absolute atomic E-state index is 0.0336. The fourth-order valence-corrected chi connectivity index (χ4v) is 4.99. The molecule has 2 heterocycles. The summed E-state index contributed by atoms with van der Waals surface area (Å²) in [5, 5.41) is -0.508. The van der Waals surface area contributed by atoms with Crippen molar-refractivity contribution in [2.45, 2.75) is 18.1 Å². The van der Waals surface area contributed by atoms with Gasteiger partial charge in [-0.3, -0.25) is 4.79 Å². The molecule has 0 unspecified atom stereocenters. The number of rotatable bonds is 2. The lowest BCUT2D eigenvalue weighted by atomic mass is 10.1. The molecule has 0 spiro atoms. The van der Waals surface area contributed by atoms with Crippen molar-refractivity contribution in [2.75, 3.05) is 32.1 Å². The molecule has 1 amide bonds. The van der Waals surface area contributed by atoms with Gasteiger partial charge in [0.25, 0.3) is 0 Å². The van der Waals surface area contributed by atoms with E-state index in [1.807, 2.05) is 30.3 Å². The Hall–Kier alpha value is -1.40. The highest BCUT2D eigenvalue weighted by atomic mass is 32.2. The van der Waals surface area contributed by atoms with Crippen molar-refractivity contribution >= 4 is 15.7 Å². The third-order valence-electron chi connectivity index (χ3n) is 4.50. The van der Waals surface area contributed by atoms with Gasteiger partial charge in [-0.15, -0.1) is 0 Å². The molecule has 2 aliphatic heterocycles. The quantitative estimate of drug-likeness (QED) is 0.825. The van der Waals surface area contributed by atoms with E-state index in [9.17, 15) is 13.2 Å². The van der Waals surface area contributed by atoms with Gasteiger partial charge in [0.15, 0.2) is 9.84 Å². The molecule has 0 aliphatic carbocycles. The van der Waals surface area contributed by atoms with E-state index >= 15 is 0 Å². The Morgan fingerprint density at radius 3 is 2.59 bits per heavy atom. The van der Waals surface area contributed by atoms with Crippen LogP contribution in [-0.4, -0.2) is 51.3 Å². The van der Waals surface area contributed by atoms with Crippen molar-refractivity contribution in [1.82, 2.24) is 4.90 Å². The van der Waals surface area contributed by atoms with Crippen LogP contribution in [0.15, 0.2) is 30.3 Å². The van der Waals surface area contributed by atoms with Crippen LogP contribution in [0.5, 0.6) is 0 Å². The Morgan fingerprint density at radius 1 is 1.14 bits per heavy atom. The second kappa shape index (κ2) is 6.38. The van der Waals surface area contributed by atoms with E-state index in [1.54, 1.807) is 4.90 Å². The highest BCUT2D eigenvalue weighted by molar-refractivity contribution is 7.91. The van der Waals surface area contributed by atoms with Crippen LogP contribution < -0.4 is 0 Å². The number of sulfone groups is 1. The molecule has 3 rings (SSSR count). The first-order valence-electron chi connectivity index (χ1n) is 7.71. The second-order valence-corrected chi connectivity index (χ2v) is 8.24. The zero-order valence-corrected chi connectivity index (χ0v) is 13.3. The average molecular weight is 323 g/mol. The van der Waals surface area contributed by atoms with Crippen molar-refractivity contribution in [1.29, 1.82) is 0 Å². The molecule has 0 aromatic heterocycles. The van der Waals surface area contributed by atoms with Crippen molar-refractivity contribution in [3.63, 3.8) is 0 Å². The molecule has 2 saturated heterocycles. The Labute approximate surface area is 131 Å². The summed E-state index contributed by atoms with van der Waals surface area (Å²) < 4.78 is 30.3. The van der Waals surface area contributed by atoms with Crippen LogP contribution in [0.25, 0.3) is 0 Å². The third-order valence-corrected chi connectivity index (χ3v) is 6.63. The third kappa shape index (κ3) is 3.17. The zero-order chi connectivity index (χ0) is 15.6. The van der Waals surface area contributed by atoms with Gasteiger partial charge in [0.05, 0.1) is 23.5 Å². The molecule has 0 N–H and O–H groups in total. The molecule has 6 heteroatoms. The first-order chi connectivity index (χ1) is 10.6. The fourth-order valence-electron chi connectivity index (χ4n) is 3.19. The van der Waals surface area contributed by atoms with Gasteiger partial charge in [0.2, 0.25) is 5.91 Å². The van der Waals surface area contributed by atoms with Crippen molar-refractivity contribution < 1.29 is 17.9 Å². The summed E-state index contributed by atoms with van der Waals surface area (Å²) in [5.41, 5.74) is 0.820. The predicted molar refractivity (Wildman–Crippen MR) is 83.1 cm³/mol.